The number of nitrogens with zero attached hydrogens (tertiary/aromatic N) is 3. The standard InChI is InChI=1S/C23H29N3O3S/c27-22(7-1-5-21-6-3-11-30-21)26-15-20(29-17-18-8-9-18)14-25(23(28)16-26)13-19-4-2-10-24-12-19/h2-4,6,10-12,18,20H,1,5,7-9,13-17H2. The minimum atomic E-state index is -0.144. The van der Waals surface area contributed by atoms with Gasteiger partial charge in [-0.15, -0.1) is 11.3 Å². The van der Waals surface area contributed by atoms with Crippen molar-refractivity contribution < 1.29 is 14.3 Å². The molecule has 0 spiro atoms. The average molecular weight is 428 g/mol. The molecule has 1 saturated heterocycles. The van der Waals surface area contributed by atoms with Gasteiger partial charge in [-0.2, -0.15) is 0 Å². The Balaban J connectivity index is 1.37. The molecular formula is C23H29N3O3S. The van der Waals surface area contributed by atoms with E-state index in [2.05, 4.69) is 16.4 Å². The van der Waals surface area contributed by atoms with Gasteiger partial charge in [-0.05, 0) is 54.7 Å². The van der Waals surface area contributed by atoms with Gasteiger partial charge in [0.2, 0.25) is 11.8 Å². The molecule has 2 amide bonds. The maximum absolute atomic E-state index is 12.9. The highest BCUT2D eigenvalue weighted by atomic mass is 32.1. The number of aromatic nitrogens is 1. The summed E-state index contributed by atoms with van der Waals surface area (Å²) in [6, 6.07) is 7.98. The summed E-state index contributed by atoms with van der Waals surface area (Å²) in [6.45, 7) is 2.34. The number of hydrogen-bond donors (Lipinski definition) is 0. The molecule has 1 aliphatic heterocycles. The van der Waals surface area contributed by atoms with E-state index in [9.17, 15) is 9.59 Å². The van der Waals surface area contributed by atoms with Crippen LogP contribution < -0.4 is 0 Å². The Morgan fingerprint density at radius 3 is 2.87 bits per heavy atom. The lowest BCUT2D eigenvalue weighted by atomic mass is 10.2. The zero-order valence-corrected chi connectivity index (χ0v) is 18.1. The maximum atomic E-state index is 12.9. The summed E-state index contributed by atoms with van der Waals surface area (Å²) in [5.41, 5.74) is 0.988. The number of ether oxygens (including phenoxy) is 1. The second kappa shape index (κ2) is 10.2. The van der Waals surface area contributed by atoms with Crippen LogP contribution in [0.15, 0.2) is 42.0 Å². The molecule has 3 heterocycles. The van der Waals surface area contributed by atoms with Gasteiger partial charge in [-0.1, -0.05) is 12.1 Å². The van der Waals surface area contributed by atoms with Crippen LogP contribution in [0.2, 0.25) is 0 Å². The molecular weight excluding hydrogens is 398 g/mol. The van der Waals surface area contributed by atoms with Crippen LogP contribution >= 0.6 is 11.3 Å². The highest BCUT2D eigenvalue weighted by Gasteiger charge is 2.32. The van der Waals surface area contributed by atoms with Crippen molar-refractivity contribution in [3.05, 3.63) is 52.5 Å². The van der Waals surface area contributed by atoms with Crippen molar-refractivity contribution in [1.29, 1.82) is 0 Å². The molecule has 6 nitrogen and oxygen atoms in total. The van der Waals surface area contributed by atoms with Gasteiger partial charge >= 0.3 is 0 Å². The first-order valence-corrected chi connectivity index (χ1v) is 11.6. The number of carbonyl (C=O) groups is 2. The first-order chi connectivity index (χ1) is 14.7. The van der Waals surface area contributed by atoms with Crippen molar-refractivity contribution in [2.45, 2.75) is 44.8 Å². The average Bonchev–Trinajstić information content (AvgIpc) is 3.47. The van der Waals surface area contributed by atoms with Crippen molar-refractivity contribution in [3.8, 4) is 0 Å². The minimum Gasteiger partial charge on any atom is -0.374 e. The lowest BCUT2D eigenvalue weighted by Gasteiger charge is -2.25. The van der Waals surface area contributed by atoms with E-state index >= 15 is 0 Å². The maximum Gasteiger partial charge on any atom is 0.242 e. The summed E-state index contributed by atoms with van der Waals surface area (Å²) in [5.74, 6) is 0.664. The molecule has 30 heavy (non-hydrogen) atoms. The molecule has 2 aromatic rings. The lowest BCUT2D eigenvalue weighted by molar-refractivity contribution is -0.139. The Labute approximate surface area is 181 Å². The molecule has 1 atom stereocenters. The zero-order valence-electron chi connectivity index (χ0n) is 17.2. The second-order valence-corrected chi connectivity index (χ2v) is 9.27. The monoisotopic (exact) mass is 427 g/mol. The molecule has 2 aromatic heterocycles. The highest BCUT2D eigenvalue weighted by molar-refractivity contribution is 7.09. The Hall–Kier alpha value is -2.25. The van der Waals surface area contributed by atoms with E-state index in [1.807, 2.05) is 23.1 Å². The zero-order chi connectivity index (χ0) is 20.8. The van der Waals surface area contributed by atoms with E-state index in [-0.39, 0.29) is 24.5 Å². The quantitative estimate of drug-likeness (QED) is 0.617. The van der Waals surface area contributed by atoms with Crippen LogP contribution in [0.1, 0.15) is 36.1 Å². The third kappa shape index (κ3) is 6.12. The van der Waals surface area contributed by atoms with Crippen LogP contribution in [0.25, 0.3) is 0 Å². The number of thiophene rings is 1. The van der Waals surface area contributed by atoms with Gasteiger partial charge in [0.05, 0.1) is 12.6 Å². The number of amides is 2. The minimum absolute atomic E-state index is 0.0250. The van der Waals surface area contributed by atoms with Crippen LogP contribution in [0.4, 0.5) is 0 Å². The summed E-state index contributed by atoms with van der Waals surface area (Å²) in [6.07, 6.45) is 7.97. The lowest BCUT2D eigenvalue weighted by Crippen LogP contribution is -2.39. The van der Waals surface area contributed by atoms with Gasteiger partial charge in [0.1, 0.15) is 0 Å². The number of aryl methyl sites for hydroxylation is 1. The molecule has 1 aliphatic carbocycles. The van der Waals surface area contributed by atoms with E-state index in [0.29, 0.717) is 32.0 Å². The fourth-order valence-corrected chi connectivity index (χ4v) is 4.47. The Kier molecular flexibility index (Phi) is 7.12. The molecule has 0 N–H and O–H groups in total. The molecule has 2 fully saturated rings. The number of carbonyl (C=O) groups excluding carboxylic acids is 2. The summed E-state index contributed by atoms with van der Waals surface area (Å²) in [7, 11) is 0. The molecule has 1 saturated carbocycles. The Morgan fingerprint density at radius 2 is 2.13 bits per heavy atom. The van der Waals surface area contributed by atoms with Crippen LogP contribution in [0.3, 0.4) is 0 Å². The number of hydrogen-bond acceptors (Lipinski definition) is 5. The van der Waals surface area contributed by atoms with Gasteiger partial charge in [0.15, 0.2) is 0 Å². The first kappa shape index (κ1) is 21.0. The van der Waals surface area contributed by atoms with Crippen molar-refractivity contribution in [2.24, 2.45) is 5.92 Å². The van der Waals surface area contributed by atoms with Gasteiger partial charge in [-0.3, -0.25) is 14.6 Å². The molecule has 0 radical (unpaired) electrons. The normalized spacial score (nSPS) is 19.7. The van der Waals surface area contributed by atoms with E-state index in [1.54, 1.807) is 28.6 Å². The van der Waals surface area contributed by atoms with Crippen molar-refractivity contribution >= 4 is 23.2 Å². The predicted octanol–water partition coefficient (Wildman–Crippen LogP) is 3.13. The van der Waals surface area contributed by atoms with Gasteiger partial charge in [0, 0.05) is 49.9 Å². The molecule has 7 heteroatoms. The Bertz CT molecular complexity index is 823. The summed E-state index contributed by atoms with van der Waals surface area (Å²) >= 11 is 1.72. The third-order valence-corrected chi connectivity index (χ3v) is 6.57. The molecule has 0 aromatic carbocycles. The summed E-state index contributed by atoms with van der Waals surface area (Å²) in [4.78, 5) is 34.8. The molecule has 1 unspecified atom stereocenters. The highest BCUT2D eigenvalue weighted by Crippen LogP contribution is 2.29. The summed E-state index contributed by atoms with van der Waals surface area (Å²) in [5, 5.41) is 2.06. The fourth-order valence-electron chi connectivity index (χ4n) is 3.72. The van der Waals surface area contributed by atoms with Gasteiger partial charge < -0.3 is 14.5 Å². The van der Waals surface area contributed by atoms with Crippen molar-refractivity contribution in [1.82, 2.24) is 14.8 Å². The van der Waals surface area contributed by atoms with E-state index in [1.165, 1.54) is 17.7 Å². The van der Waals surface area contributed by atoms with Crippen LogP contribution in [-0.2, 0) is 27.3 Å². The predicted molar refractivity (Wildman–Crippen MR) is 116 cm³/mol. The van der Waals surface area contributed by atoms with Gasteiger partial charge in [0.25, 0.3) is 0 Å². The second-order valence-electron chi connectivity index (χ2n) is 8.24. The third-order valence-electron chi connectivity index (χ3n) is 5.63. The van der Waals surface area contributed by atoms with Gasteiger partial charge in [-0.25, -0.2) is 0 Å². The molecule has 4 rings (SSSR count). The van der Waals surface area contributed by atoms with Crippen LogP contribution in [0.5, 0.6) is 0 Å². The topological polar surface area (TPSA) is 62.7 Å². The number of rotatable bonds is 9. The van der Waals surface area contributed by atoms with Crippen molar-refractivity contribution in [2.75, 3.05) is 26.2 Å². The van der Waals surface area contributed by atoms with Crippen molar-refractivity contribution in [3.63, 3.8) is 0 Å². The van der Waals surface area contributed by atoms with E-state index in [0.717, 1.165) is 25.0 Å². The largest absolute Gasteiger partial charge is 0.374 e. The van der Waals surface area contributed by atoms with Crippen LogP contribution in [0, 0.1) is 5.92 Å². The summed E-state index contributed by atoms with van der Waals surface area (Å²) < 4.78 is 6.15. The molecule has 0 bridgehead atoms. The molecule has 2 aliphatic rings. The Morgan fingerprint density at radius 1 is 1.23 bits per heavy atom. The smallest absolute Gasteiger partial charge is 0.242 e. The van der Waals surface area contributed by atoms with E-state index in [4.69, 9.17) is 4.74 Å². The fraction of sp³-hybridized carbons (Fsp3) is 0.522. The SMILES string of the molecule is O=C(CCCc1cccs1)N1CC(=O)N(Cc2cccnc2)CC(OCC2CC2)C1. The first-order valence-electron chi connectivity index (χ1n) is 10.8. The van der Waals surface area contributed by atoms with E-state index < -0.39 is 0 Å². The van der Waals surface area contributed by atoms with Crippen LogP contribution in [-0.4, -0.2) is 58.9 Å². The number of pyridine rings is 1. The molecule has 160 valence electrons.